The number of nitrogens with zero attached hydrogens (tertiary/aromatic N) is 2. The van der Waals surface area contributed by atoms with E-state index in [-0.39, 0.29) is 10.0 Å². The molecule has 0 fully saturated rings. The Labute approximate surface area is 134 Å². The summed E-state index contributed by atoms with van der Waals surface area (Å²) < 4.78 is 39.1. The van der Waals surface area contributed by atoms with Crippen LogP contribution in [0.2, 0.25) is 0 Å². The van der Waals surface area contributed by atoms with E-state index in [9.17, 15) is 13.2 Å². The van der Waals surface area contributed by atoms with E-state index in [4.69, 9.17) is 0 Å². The van der Waals surface area contributed by atoms with E-state index < -0.39 is 11.9 Å². The van der Waals surface area contributed by atoms with Gasteiger partial charge in [0.25, 0.3) is 0 Å². The summed E-state index contributed by atoms with van der Waals surface area (Å²) in [4.78, 5) is 0. The third-order valence-corrected chi connectivity index (χ3v) is 5.22. The molecule has 124 valence electrons. The second kappa shape index (κ2) is 4.69. The highest BCUT2D eigenvalue weighted by Gasteiger charge is 2.48. The van der Waals surface area contributed by atoms with Gasteiger partial charge < -0.3 is 0 Å². The molecule has 1 aliphatic carbocycles. The van der Waals surface area contributed by atoms with Gasteiger partial charge in [-0.1, -0.05) is 38.0 Å². The maximum Gasteiger partial charge on any atom is 0.438 e. The molecule has 5 heteroatoms. The molecule has 0 saturated carbocycles. The highest BCUT2D eigenvalue weighted by atomic mass is 19.4. The Morgan fingerprint density at radius 1 is 1.26 bits per heavy atom. The van der Waals surface area contributed by atoms with Gasteiger partial charge in [-0.15, -0.1) is 4.59 Å². The molecule has 1 aromatic carbocycles. The van der Waals surface area contributed by atoms with Crippen molar-refractivity contribution in [2.24, 2.45) is 5.10 Å². The van der Waals surface area contributed by atoms with Crippen LogP contribution in [0.25, 0.3) is 0 Å². The molecule has 2 nitrogen and oxygen atoms in total. The van der Waals surface area contributed by atoms with Gasteiger partial charge >= 0.3 is 6.18 Å². The highest BCUT2D eigenvalue weighted by Crippen LogP contribution is 2.51. The zero-order chi connectivity index (χ0) is 17.2. The minimum Gasteiger partial charge on any atom is -0.164 e. The molecule has 2 unspecified atom stereocenters. The van der Waals surface area contributed by atoms with Crippen molar-refractivity contribution < 1.29 is 13.2 Å². The fraction of sp³-hybridized carbons (Fsp3) is 0.500. The number of allylic oxidation sites excluding steroid dienone is 2. The van der Waals surface area contributed by atoms with Crippen LogP contribution in [0.1, 0.15) is 51.2 Å². The average molecular weight is 323 g/mol. The van der Waals surface area contributed by atoms with E-state index in [0.717, 1.165) is 23.7 Å². The third kappa shape index (κ3) is 2.33. The van der Waals surface area contributed by atoms with Gasteiger partial charge in [-0.25, -0.2) is 0 Å². The Balaban J connectivity index is 2.20. The topological polar surface area (TPSA) is 12.4 Å². The van der Waals surface area contributed by atoms with Gasteiger partial charge in [-0.3, -0.25) is 0 Å². The van der Waals surface area contributed by atoms with Crippen LogP contribution in [-0.4, -0.2) is 18.9 Å². The largest absolute Gasteiger partial charge is 0.438 e. The summed E-state index contributed by atoms with van der Waals surface area (Å²) in [6, 6.07) is 5.95. The molecule has 0 aromatic heterocycles. The highest BCUT2D eigenvalue weighted by molar-refractivity contribution is 6.02. The predicted molar refractivity (Wildman–Crippen MR) is 87.5 cm³/mol. The average Bonchev–Trinajstić information content (AvgIpc) is 2.86. The summed E-state index contributed by atoms with van der Waals surface area (Å²) in [5.74, 6) is 0.309. The Kier molecular flexibility index (Phi) is 3.32. The normalized spacial score (nSPS) is 29.3. The van der Waals surface area contributed by atoms with Crippen LogP contribution in [0.4, 0.5) is 18.9 Å². The molecular weight excluding hydrogens is 301 g/mol. The lowest BCUT2D eigenvalue weighted by Gasteiger charge is -2.28. The van der Waals surface area contributed by atoms with Crippen molar-refractivity contribution in [3.63, 3.8) is 0 Å². The molecule has 2 atom stereocenters. The van der Waals surface area contributed by atoms with Crippen molar-refractivity contribution in [3.05, 3.63) is 41.1 Å². The molecule has 23 heavy (non-hydrogen) atoms. The number of rotatable bonds is 1. The number of benzene rings is 1. The molecule has 0 bridgehead atoms. The smallest absolute Gasteiger partial charge is 0.164 e. The molecule has 1 aromatic rings. The molecule has 0 spiro atoms. The minimum atomic E-state index is -4.42. The van der Waals surface area contributed by atoms with E-state index in [2.05, 4.69) is 31.9 Å². The number of alkyl halides is 3. The van der Waals surface area contributed by atoms with Crippen molar-refractivity contribution in [1.82, 2.24) is 4.59 Å². The van der Waals surface area contributed by atoms with Crippen LogP contribution in [-0.2, 0) is 5.41 Å². The van der Waals surface area contributed by atoms with E-state index in [1.54, 1.807) is 14.0 Å². The van der Waals surface area contributed by atoms with Gasteiger partial charge in [0.15, 0.2) is 5.69 Å². The third-order valence-electron chi connectivity index (χ3n) is 5.22. The SMILES string of the molecule is CC1=CC(C(F)(F)F)=N[N+]1(C)c1cccc2c1C(C)CC2(C)C. The Morgan fingerprint density at radius 3 is 2.48 bits per heavy atom. The second-order valence-corrected chi connectivity index (χ2v) is 7.46. The van der Waals surface area contributed by atoms with E-state index >= 15 is 0 Å². The van der Waals surface area contributed by atoms with E-state index in [1.807, 2.05) is 12.1 Å². The molecule has 2 aliphatic rings. The molecule has 1 aliphatic heterocycles. The number of quaternary nitrogens is 1. The summed E-state index contributed by atoms with van der Waals surface area (Å²) >= 11 is 0. The first kappa shape index (κ1) is 16.2. The van der Waals surface area contributed by atoms with Crippen molar-refractivity contribution in [1.29, 1.82) is 0 Å². The first-order chi connectivity index (χ1) is 10.5. The van der Waals surface area contributed by atoms with E-state index in [0.29, 0.717) is 11.6 Å². The summed E-state index contributed by atoms with van der Waals surface area (Å²) in [5.41, 5.74) is 3.05. The molecule has 0 N–H and O–H groups in total. The summed E-state index contributed by atoms with van der Waals surface area (Å²) in [7, 11) is 1.73. The first-order valence-electron chi connectivity index (χ1n) is 7.83. The van der Waals surface area contributed by atoms with Crippen molar-refractivity contribution >= 4 is 11.4 Å². The molecule has 0 amide bonds. The maximum absolute atomic E-state index is 13.1. The predicted octanol–water partition coefficient (Wildman–Crippen LogP) is 5.24. The second-order valence-electron chi connectivity index (χ2n) is 7.46. The standard InChI is InChI=1S/C18H22F3N2/c1-11-10-17(3,4)13-7-6-8-14(16(11)13)23(5)12(2)9-15(22-23)18(19,20)21/h6-9,11H,10H2,1-5H3/q+1. The van der Waals surface area contributed by atoms with Crippen LogP contribution in [0, 0.1) is 0 Å². The number of fused-ring (bicyclic) bond motifs is 1. The van der Waals surface area contributed by atoms with Gasteiger partial charge in [0.2, 0.25) is 5.71 Å². The number of halogens is 3. The number of hydrogen-bond acceptors (Lipinski definition) is 1. The summed E-state index contributed by atoms with van der Waals surface area (Å²) in [5, 5.41) is 4.04. The molecule has 1 heterocycles. The van der Waals surface area contributed by atoms with Crippen LogP contribution in [0.5, 0.6) is 0 Å². The molecule has 0 radical (unpaired) electrons. The lowest BCUT2D eigenvalue weighted by atomic mass is 9.86. The van der Waals surface area contributed by atoms with Crippen molar-refractivity contribution in [3.8, 4) is 0 Å². The zero-order valence-corrected chi connectivity index (χ0v) is 14.1. The van der Waals surface area contributed by atoms with Gasteiger partial charge in [0.1, 0.15) is 12.7 Å². The monoisotopic (exact) mass is 323 g/mol. The molecule has 3 rings (SSSR count). The van der Waals surface area contributed by atoms with Gasteiger partial charge in [-0.2, -0.15) is 13.2 Å². The Morgan fingerprint density at radius 2 is 1.91 bits per heavy atom. The lowest BCUT2D eigenvalue weighted by Crippen LogP contribution is -2.37. The minimum absolute atomic E-state index is 0.0395. The quantitative estimate of drug-likeness (QED) is 0.626. The van der Waals surface area contributed by atoms with Gasteiger partial charge in [0, 0.05) is 24.6 Å². The van der Waals surface area contributed by atoms with Gasteiger partial charge in [-0.05, 0) is 23.3 Å². The summed E-state index contributed by atoms with van der Waals surface area (Å²) in [6.07, 6.45) is -2.26. The summed E-state index contributed by atoms with van der Waals surface area (Å²) in [6.45, 7) is 8.24. The van der Waals surface area contributed by atoms with Gasteiger partial charge in [0.05, 0.1) is 0 Å². The first-order valence-corrected chi connectivity index (χ1v) is 7.83. The fourth-order valence-electron chi connectivity index (χ4n) is 4.05. The Bertz CT molecular complexity index is 728. The Hall–Kier alpha value is -1.62. The van der Waals surface area contributed by atoms with Crippen LogP contribution in [0.15, 0.2) is 35.1 Å². The van der Waals surface area contributed by atoms with Crippen LogP contribution >= 0.6 is 0 Å². The van der Waals surface area contributed by atoms with Crippen molar-refractivity contribution in [2.75, 3.05) is 7.05 Å². The van der Waals surface area contributed by atoms with Crippen molar-refractivity contribution in [2.45, 2.75) is 51.6 Å². The zero-order valence-electron chi connectivity index (χ0n) is 14.1. The van der Waals surface area contributed by atoms with Crippen LogP contribution in [0.3, 0.4) is 0 Å². The molecular formula is C18H22F3N2+. The van der Waals surface area contributed by atoms with E-state index in [1.165, 1.54) is 5.56 Å². The molecule has 0 saturated heterocycles. The fourth-order valence-corrected chi connectivity index (χ4v) is 4.05. The van der Waals surface area contributed by atoms with Crippen LogP contribution < -0.4 is 4.59 Å². The lowest BCUT2D eigenvalue weighted by molar-refractivity contribution is -0.0581. The maximum atomic E-state index is 13.1. The number of hydrogen-bond donors (Lipinski definition) is 0.